The van der Waals surface area contributed by atoms with Crippen LogP contribution in [0.25, 0.3) is 0 Å². The smallest absolute Gasteiger partial charge is 0.115 e. The van der Waals surface area contributed by atoms with Gasteiger partial charge in [-0.05, 0) is 48.1 Å². The molecule has 1 unspecified atom stereocenters. The van der Waals surface area contributed by atoms with E-state index in [1.165, 1.54) is 29.5 Å². The fraction of sp³-hybridized carbons (Fsp3) is 0.375. The second-order valence-electron chi connectivity index (χ2n) is 5.43. The first-order valence-electron chi connectivity index (χ1n) is 6.94. The molecule has 1 aromatic heterocycles. The van der Waals surface area contributed by atoms with Gasteiger partial charge < -0.3 is 15.4 Å². The number of phenols is 1. The van der Waals surface area contributed by atoms with Crippen molar-refractivity contribution < 1.29 is 5.11 Å². The van der Waals surface area contributed by atoms with Gasteiger partial charge in [0.1, 0.15) is 5.75 Å². The monoisotopic (exact) mass is 256 g/mol. The molecule has 0 fully saturated rings. The van der Waals surface area contributed by atoms with Crippen molar-refractivity contribution in [2.45, 2.75) is 38.3 Å². The van der Waals surface area contributed by atoms with Gasteiger partial charge in [-0.15, -0.1) is 0 Å². The molecule has 1 atom stereocenters. The van der Waals surface area contributed by atoms with Gasteiger partial charge in [-0.2, -0.15) is 0 Å². The standard InChI is InChI=1S/C16H20N2O/c17-16-4-2-1-3-13-10-18(11-15(13)16)9-12-5-7-14(19)8-6-12/h5-8,10-11,16,19H,1-4,9,17H2. The maximum atomic E-state index is 9.30. The average molecular weight is 256 g/mol. The van der Waals surface area contributed by atoms with Crippen molar-refractivity contribution >= 4 is 0 Å². The van der Waals surface area contributed by atoms with E-state index < -0.39 is 0 Å². The molecular formula is C16H20N2O. The van der Waals surface area contributed by atoms with Gasteiger partial charge in [0.05, 0.1) is 0 Å². The van der Waals surface area contributed by atoms with Crippen LogP contribution in [0, 0.1) is 0 Å². The highest BCUT2D eigenvalue weighted by molar-refractivity contribution is 5.31. The third-order valence-electron chi connectivity index (χ3n) is 3.91. The average Bonchev–Trinajstić information content (AvgIpc) is 2.72. The van der Waals surface area contributed by atoms with Crippen LogP contribution in [0.15, 0.2) is 36.7 Å². The lowest BCUT2D eigenvalue weighted by Crippen LogP contribution is -2.09. The van der Waals surface area contributed by atoms with Gasteiger partial charge in [-0.3, -0.25) is 0 Å². The van der Waals surface area contributed by atoms with Crippen LogP contribution < -0.4 is 5.73 Å². The van der Waals surface area contributed by atoms with E-state index in [2.05, 4.69) is 17.0 Å². The Hall–Kier alpha value is -1.74. The summed E-state index contributed by atoms with van der Waals surface area (Å²) in [4.78, 5) is 0. The summed E-state index contributed by atoms with van der Waals surface area (Å²) in [5, 5.41) is 9.30. The summed E-state index contributed by atoms with van der Waals surface area (Å²) in [5.41, 5.74) is 10.1. The lowest BCUT2D eigenvalue weighted by atomic mass is 10.1. The van der Waals surface area contributed by atoms with Crippen molar-refractivity contribution in [3.8, 4) is 5.75 Å². The van der Waals surface area contributed by atoms with Crippen molar-refractivity contribution in [1.82, 2.24) is 4.57 Å². The van der Waals surface area contributed by atoms with Gasteiger partial charge in [0.25, 0.3) is 0 Å². The van der Waals surface area contributed by atoms with Crippen molar-refractivity contribution in [2.24, 2.45) is 5.73 Å². The summed E-state index contributed by atoms with van der Waals surface area (Å²) in [6.07, 6.45) is 9.13. The molecule has 1 aromatic carbocycles. The highest BCUT2D eigenvalue weighted by atomic mass is 16.3. The Morgan fingerprint density at radius 1 is 1.16 bits per heavy atom. The zero-order valence-electron chi connectivity index (χ0n) is 11.0. The molecule has 3 heteroatoms. The zero-order valence-corrected chi connectivity index (χ0v) is 11.0. The van der Waals surface area contributed by atoms with E-state index in [1.807, 2.05) is 12.1 Å². The molecule has 1 heterocycles. The largest absolute Gasteiger partial charge is 0.508 e. The van der Waals surface area contributed by atoms with Gasteiger partial charge in [0.15, 0.2) is 0 Å². The fourth-order valence-electron chi connectivity index (χ4n) is 2.85. The molecule has 3 rings (SSSR count). The van der Waals surface area contributed by atoms with Crippen LogP contribution in [0.1, 0.15) is 42.0 Å². The summed E-state index contributed by atoms with van der Waals surface area (Å²) in [5.74, 6) is 0.314. The molecule has 0 saturated heterocycles. The molecule has 2 aromatic rings. The first-order chi connectivity index (χ1) is 9.22. The topological polar surface area (TPSA) is 51.2 Å². The summed E-state index contributed by atoms with van der Waals surface area (Å²) in [6, 6.07) is 7.57. The molecule has 0 aliphatic heterocycles. The van der Waals surface area contributed by atoms with Gasteiger partial charge >= 0.3 is 0 Å². The number of nitrogens with zero attached hydrogens (tertiary/aromatic N) is 1. The van der Waals surface area contributed by atoms with Crippen molar-refractivity contribution in [1.29, 1.82) is 0 Å². The lowest BCUT2D eigenvalue weighted by Gasteiger charge is -2.07. The Balaban J connectivity index is 1.82. The second kappa shape index (κ2) is 5.10. The molecular weight excluding hydrogens is 236 g/mol. The van der Waals surface area contributed by atoms with Crippen molar-refractivity contribution in [2.75, 3.05) is 0 Å². The molecule has 0 bridgehead atoms. The van der Waals surface area contributed by atoms with Crippen molar-refractivity contribution in [3.05, 3.63) is 53.3 Å². The maximum absolute atomic E-state index is 9.30. The highest BCUT2D eigenvalue weighted by Gasteiger charge is 2.17. The summed E-state index contributed by atoms with van der Waals surface area (Å²) in [6.45, 7) is 0.833. The number of rotatable bonds is 2. The van der Waals surface area contributed by atoms with Crippen LogP contribution >= 0.6 is 0 Å². The Kier molecular flexibility index (Phi) is 3.30. The third kappa shape index (κ3) is 2.66. The fourth-order valence-corrected chi connectivity index (χ4v) is 2.85. The summed E-state index contributed by atoms with van der Waals surface area (Å²) in [7, 11) is 0. The number of nitrogens with two attached hydrogens (primary N) is 1. The zero-order chi connectivity index (χ0) is 13.2. The molecule has 19 heavy (non-hydrogen) atoms. The van der Waals surface area contributed by atoms with Crippen LogP contribution in [0.2, 0.25) is 0 Å². The van der Waals surface area contributed by atoms with Crippen LogP contribution in [0.4, 0.5) is 0 Å². The quantitative estimate of drug-likeness (QED) is 0.812. The van der Waals surface area contributed by atoms with Gasteiger partial charge in [-0.25, -0.2) is 0 Å². The number of aromatic hydroxyl groups is 1. The molecule has 100 valence electrons. The van der Waals surface area contributed by atoms with Crippen LogP contribution in [0.3, 0.4) is 0 Å². The minimum absolute atomic E-state index is 0.193. The number of phenolic OH excluding ortho intramolecular Hbond substituents is 1. The molecule has 1 aliphatic rings. The van der Waals surface area contributed by atoms with E-state index in [0.29, 0.717) is 5.75 Å². The number of fused-ring (bicyclic) bond motifs is 1. The molecule has 0 saturated carbocycles. The van der Waals surface area contributed by atoms with E-state index >= 15 is 0 Å². The van der Waals surface area contributed by atoms with Gasteiger partial charge in [0.2, 0.25) is 0 Å². The number of hydrogen-bond donors (Lipinski definition) is 2. The Morgan fingerprint density at radius 3 is 2.74 bits per heavy atom. The summed E-state index contributed by atoms with van der Waals surface area (Å²) >= 11 is 0. The number of aromatic nitrogens is 1. The molecule has 0 spiro atoms. The molecule has 1 aliphatic carbocycles. The second-order valence-corrected chi connectivity index (χ2v) is 5.43. The van der Waals surface area contributed by atoms with E-state index in [-0.39, 0.29) is 6.04 Å². The SMILES string of the molecule is NC1CCCCc2cn(Cc3ccc(O)cc3)cc21. The molecule has 3 nitrogen and oxygen atoms in total. The molecule has 0 amide bonds. The minimum Gasteiger partial charge on any atom is -0.508 e. The normalized spacial score (nSPS) is 18.9. The molecule has 3 N–H and O–H groups in total. The summed E-state index contributed by atoms with van der Waals surface area (Å²) < 4.78 is 2.21. The van der Waals surface area contributed by atoms with Crippen molar-refractivity contribution in [3.63, 3.8) is 0 Å². The maximum Gasteiger partial charge on any atom is 0.115 e. The van der Waals surface area contributed by atoms with E-state index in [1.54, 1.807) is 12.1 Å². The predicted molar refractivity (Wildman–Crippen MR) is 76.1 cm³/mol. The number of aryl methyl sites for hydroxylation is 1. The Labute approximate surface area is 113 Å². The third-order valence-corrected chi connectivity index (χ3v) is 3.91. The number of hydrogen-bond acceptors (Lipinski definition) is 2. The van der Waals surface area contributed by atoms with Crippen LogP contribution in [-0.2, 0) is 13.0 Å². The molecule has 0 radical (unpaired) electrons. The minimum atomic E-state index is 0.193. The van der Waals surface area contributed by atoms with E-state index in [4.69, 9.17) is 5.73 Å². The first-order valence-corrected chi connectivity index (χ1v) is 6.94. The van der Waals surface area contributed by atoms with E-state index in [0.717, 1.165) is 19.4 Å². The Morgan fingerprint density at radius 2 is 1.95 bits per heavy atom. The lowest BCUT2D eigenvalue weighted by molar-refractivity contribution is 0.475. The van der Waals surface area contributed by atoms with Gasteiger partial charge in [0, 0.05) is 25.0 Å². The Bertz CT molecular complexity index is 557. The van der Waals surface area contributed by atoms with E-state index in [9.17, 15) is 5.11 Å². The number of benzene rings is 1. The highest BCUT2D eigenvalue weighted by Crippen LogP contribution is 2.28. The van der Waals surface area contributed by atoms with Gasteiger partial charge in [-0.1, -0.05) is 18.6 Å². The first kappa shape index (κ1) is 12.3. The van der Waals surface area contributed by atoms with Crippen LogP contribution in [-0.4, -0.2) is 9.67 Å². The van der Waals surface area contributed by atoms with Crippen LogP contribution in [0.5, 0.6) is 5.75 Å². The predicted octanol–water partition coefficient (Wildman–Crippen LogP) is 2.97.